The molecule has 1 aromatic rings. The van der Waals surface area contributed by atoms with Crippen molar-refractivity contribution in [2.24, 2.45) is 0 Å². The average Bonchev–Trinajstić information content (AvgIpc) is 3.14. The predicted molar refractivity (Wildman–Crippen MR) is 125 cm³/mol. The smallest absolute Gasteiger partial charge is 0.425 e. The highest BCUT2D eigenvalue weighted by Crippen LogP contribution is 2.49. The molecule has 2 rings (SSSR count). The van der Waals surface area contributed by atoms with E-state index in [2.05, 4.69) is 12.1 Å². The van der Waals surface area contributed by atoms with Crippen molar-refractivity contribution in [2.45, 2.75) is 72.1 Å². The van der Waals surface area contributed by atoms with Crippen molar-refractivity contribution in [2.75, 3.05) is 25.5 Å². The van der Waals surface area contributed by atoms with Gasteiger partial charge in [0.15, 0.2) is 0 Å². The van der Waals surface area contributed by atoms with Crippen LogP contribution in [0, 0.1) is 0 Å². The highest BCUT2D eigenvalue weighted by Gasteiger charge is 2.55. The van der Waals surface area contributed by atoms with E-state index in [1.165, 1.54) is 19.4 Å². The Hall–Kier alpha value is -2.02. The van der Waals surface area contributed by atoms with Crippen LogP contribution < -0.4 is 0 Å². The molecule has 0 N–H and O–H groups in total. The molecule has 1 aliphatic rings. The molecular weight excluding hydrogens is 445 g/mol. The molecule has 0 spiro atoms. The number of esters is 1. The van der Waals surface area contributed by atoms with E-state index < -0.39 is 36.1 Å². The van der Waals surface area contributed by atoms with Crippen molar-refractivity contribution in [3.8, 4) is 0 Å². The molecule has 1 aliphatic heterocycles. The lowest BCUT2D eigenvalue weighted by atomic mass is 10.1. The topological polar surface area (TPSA) is 96.0 Å². The lowest BCUT2D eigenvalue weighted by Gasteiger charge is -2.33. The number of nitrogens with zero attached hydrogens (tertiary/aromatic N) is 1. The number of carbonyl (C=O) groups is 3. The first-order valence-corrected chi connectivity index (χ1v) is 13.7. The van der Waals surface area contributed by atoms with Crippen molar-refractivity contribution >= 4 is 25.3 Å². The summed E-state index contributed by atoms with van der Waals surface area (Å²) in [5.74, 6) is -1.04. The lowest BCUT2D eigenvalue weighted by Crippen LogP contribution is -2.60. The van der Waals surface area contributed by atoms with E-state index in [9.17, 15) is 18.9 Å². The van der Waals surface area contributed by atoms with Crippen LogP contribution in [0.1, 0.15) is 58.9 Å². The van der Waals surface area contributed by atoms with Gasteiger partial charge < -0.3 is 14.0 Å². The number of benzene rings is 1. The molecule has 8 nitrogen and oxygen atoms in total. The number of rotatable bonds is 11. The second-order valence-corrected chi connectivity index (χ2v) is 11.2. The standard InChI is InChI=1S/C24H37NO7P/c1-5-30-33(29,17-10-9-15-22-13-7-6-8-14-22)18-23(27)25(16-11-12-19(25)2)24(28)32-21(4)31-20(3)26/h6-8,13-14,19,21H,5,9-12,15-18H2,1-4H3/q+1/t19-,21?,25?,33?/m1/s1. The second kappa shape index (κ2) is 12.4. The summed E-state index contributed by atoms with van der Waals surface area (Å²) in [6.45, 7) is 6.71. The van der Waals surface area contributed by atoms with Crippen LogP contribution in [0.3, 0.4) is 0 Å². The molecule has 0 aliphatic carbocycles. The van der Waals surface area contributed by atoms with Gasteiger partial charge in [-0.2, -0.15) is 9.28 Å². The minimum absolute atomic E-state index is 0.229. The molecule has 2 amide bonds. The van der Waals surface area contributed by atoms with Crippen LogP contribution in [0.4, 0.5) is 4.79 Å². The minimum atomic E-state index is -3.27. The monoisotopic (exact) mass is 482 g/mol. The predicted octanol–water partition coefficient (Wildman–Crippen LogP) is 4.90. The van der Waals surface area contributed by atoms with Crippen LogP contribution in [0.25, 0.3) is 0 Å². The number of aryl methyl sites for hydroxylation is 1. The van der Waals surface area contributed by atoms with Gasteiger partial charge in [-0.3, -0.25) is 9.36 Å². The van der Waals surface area contributed by atoms with Gasteiger partial charge >= 0.3 is 18.0 Å². The third kappa shape index (κ3) is 7.49. The van der Waals surface area contributed by atoms with Gasteiger partial charge in [0, 0.05) is 32.9 Å². The Morgan fingerprint density at radius 3 is 2.42 bits per heavy atom. The Balaban J connectivity index is 2.07. The van der Waals surface area contributed by atoms with Crippen LogP contribution in [-0.2, 0) is 34.6 Å². The first-order valence-electron chi connectivity index (χ1n) is 11.7. The van der Waals surface area contributed by atoms with Gasteiger partial charge in [-0.15, -0.1) is 0 Å². The highest BCUT2D eigenvalue weighted by atomic mass is 31.2. The van der Waals surface area contributed by atoms with Gasteiger partial charge in [0.2, 0.25) is 7.37 Å². The van der Waals surface area contributed by atoms with Crippen LogP contribution >= 0.6 is 7.37 Å². The summed E-state index contributed by atoms with van der Waals surface area (Å²) in [6.07, 6.45) is 1.77. The Morgan fingerprint density at radius 1 is 1.15 bits per heavy atom. The number of likely N-dealkylation sites (tertiary alicyclic amines) is 1. The maximum Gasteiger partial charge on any atom is 0.526 e. The Bertz CT molecular complexity index is 860. The second-order valence-electron chi connectivity index (χ2n) is 8.59. The summed E-state index contributed by atoms with van der Waals surface area (Å²) >= 11 is 0. The van der Waals surface area contributed by atoms with Crippen LogP contribution in [-0.4, -0.2) is 60.3 Å². The number of imide groups is 1. The number of carbonyl (C=O) groups excluding carboxylic acids is 3. The molecule has 1 heterocycles. The van der Waals surface area contributed by atoms with Gasteiger partial charge in [0.1, 0.15) is 12.2 Å². The van der Waals surface area contributed by atoms with E-state index in [1.807, 2.05) is 25.1 Å². The number of unbranched alkanes of at least 4 members (excludes halogenated alkanes) is 1. The van der Waals surface area contributed by atoms with E-state index in [-0.39, 0.29) is 31.5 Å². The number of amides is 2. The van der Waals surface area contributed by atoms with Crippen molar-refractivity contribution in [1.29, 1.82) is 0 Å². The molecule has 0 aromatic heterocycles. The quantitative estimate of drug-likeness (QED) is 0.146. The van der Waals surface area contributed by atoms with E-state index in [4.69, 9.17) is 14.0 Å². The lowest BCUT2D eigenvalue weighted by molar-refractivity contribution is -0.792. The van der Waals surface area contributed by atoms with Crippen LogP contribution in [0.5, 0.6) is 0 Å². The molecule has 184 valence electrons. The van der Waals surface area contributed by atoms with Crippen LogP contribution in [0.15, 0.2) is 30.3 Å². The van der Waals surface area contributed by atoms with Crippen molar-refractivity contribution < 1.29 is 37.4 Å². The molecule has 33 heavy (non-hydrogen) atoms. The number of ether oxygens (including phenoxy) is 2. The van der Waals surface area contributed by atoms with Crippen LogP contribution in [0.2, 0.25) is 0 Å². The molecule has 0 bridgehead atoms. The Kier molecular flexibility index (Phi) is 10.3. The van der Waals surface area contributed by atoms with Crippen molar-refractivity contribution in [1.82, 2.24) is 0 Å². The number of hydrogen-bond donors (Lipinski definition) is 0. The van der Waals surface area contributed by atoms with Gasteiger partial charge in [0.05, 0.1) is 13.2 Å². The third-order valence-electron chi connectivity index (χ3n) is 6.05. The zero-order chi connectivity index (χ0) is 24.5. The van der Waals surface area contributed by atoms with Gasteiger partial charge in [-0.1, -0.05) is 30.3 Å². The van der Waals surface area contributed by atoms with Gasteiger partial charge in [-0.25, -0.2) is 4.79 Å². The van der Waals surface area contributed by atoms with E-state index in [0.717, 1.165) is 12.8 Å². The zero-order valence-electron chi connectivity index (χ0n) is 20.2. The van der Waals surface area contributed by atoms with Gasteiger partial charge in [-0.05, 0) is 38.7 Å². The van der Waals surface area contributed by atoms with E-state index in [1.54, 1.807) is 6.92 Å². The molecule has 1 aromatic carbocycles. The summed E-state index contributed by atoms with van der Waals surface area (Å²) in [6, 6.07) is 9.73. The summed E-state index contributed by atoms with van der Waals surface area (Å²) in [4.78, 5) is 37.7. The molecule has 1 saturated heterocycles. The van der Waals surface area contributed by atoms with E-state index >= 15 is 0 Å². The highest BCUT2D eigenvalue weighted by molar-refractivity contribution is 7.59. The fourth-order valence-corrected chi connectivity index (χ4v) is 6.62. The third-order valence-corrected chi connectivity index (χ3v) is 8.53. The molecule has 3 unspecified atom stereocenters. The number of hydrogen-bond acceptors (Lipinski definition) is 7. The van der Waals surface area contributed by atoms with Crippen molar-refractivity contribution in [3.63, 3.8) is 0 Å². The summed E-state index contributed by atoms with van der Waals surface area (Å²) in [7, 11) is -3.27. The largest absolute Gasteiger partial charge is 0.526 e. The Morgan fingerprint density at radius 2 is 1.85 bits per heavy atom. The Labute approximate surface area is 196 Å². The summed E-state index contributed by atoms with van der Waals surface area (Å²) in [5.41, 5.74) is 1.21. The molecule has 0 saturated carbocycles. The number of quaternary nitrogens is 1. The van der Waals surface area contributed by atoms with Crippen molar-refractivity contribution in [3.05, 3.63) is 35.9 Å². The normalized spacial score (nSPS) is 22.8. The minimum Gasteiger partial charge on any atom is -0.425 e. The zero-order valence-corrected chi connectivity index (χ0v) is 21.1. The maximum atomic E-state index is 13.6. The first-order chi connectivity index (χ1) is 15.6. The van der Waals surface area contributed by atoms with Gasteiger partial charge in [0.25, 0.3) is 6.29 Å². The molecule has 1 fully saturated rings. The fourth-order valence-electron chi connectivity index (χ4n) is 4.40. The molecule has 4 atom stereocenters. The SMILES string of the molecule is CCOP(=O)(CCCCc1ccccc1)CC(=O)[N+]1(C(=O)OC(C)OC(C)=O)CCC[C@H]1C. The summed E-state index contributed by atoms with van der Waals surface area (Å²) < 4.78 is 28.8. The average molecular weight is 483 g/mol. The van der Waals surface area contributed by atoms with E-state index in [0.29, 0.717) is 19.3 Å². The summed E-state index contributed by atoms with van der Waals surface area (Å²) in [5, 5.41) is 0. The molecule has 0 radical (unpaired) electrons. The fraction of sp³-hybridized carbons (Fsp3) is 0.625. The maximum absolute atomic E-state index is 13.6. The molecular formula is C24H37NO7P+. The molecule has 9 heteroatoms. The first kappa shape index (κ1) is 27.2.